The van der Waals surface area contributed by atoms with Crippen molar-refractivity contribution in [3.63, 3.8) is 0 Å². The monoisotopic (exact) mass is 318 g/mol. The molecular weight excluding hydrogens is 288 g/mol. The van der Waals surface area contributed by atoms with E-state index in [1.807, 2.05) is 45.0 Å². The van der Waals surface area contributed by atoms with E-state index in [2.05, 4.69) is 24.1 Å². The lowest BCUT2D eigenvalue weighted by atomic mass is 9.89. The predicted molar refractivity (Wildman–Crippen MR) is 95.0 cm³/mol. The number of hydrogen-bond acceptors (Lipinski definition) is 4. The third kappa shape index (κ3) is 5.24. The molecule has 0 aromatic heterocycles. The van der Waals surface area contributed by atoms with E-state index >= 15 is 0 Å². The van der Waals surface area contributed by atoms with Gasteiger partial charge in [0.15, 0.2) is 0 Å². The Balaban J connectivity index is 1.96. The molecule has 128 valence electrons. The quantitative estimate of drug-likeness (QED) is 0.854. The lowest BCUT2D eigenvalue weighted by Crippen LogP contribution is -2.47. The fourth-order valence-corrected chi connectivity index (χ4v) is 2.86. The Hall–Kier alpha value is -1.55. The van der Waals surface area contributed by atoms with E-state index in [0.29, 0.717) is 5.56 Å². The van der Waals surface area contributed by atoms with Crippen LogP contribution in [0, 0.1) is 0 Å². The molecule has 0 aliphatic carbocycles. The number of benzene rings is 1. The Labute approximate surface area is 140 Å². The van der Waals surface area contributed by atoms with Crippen molar-refractivity contribution in [1.29, 1.82) is 0 Å². The molecule has 0 bridgehead atoms. The minimum atomic E-state index is -0.464. The molecule has 1 aromatic carbocycles. The molecule has 0 atom stereocenters. The van der Waals surface area contributed by atoms with E-state index in [4.69, 9.17) is 4.74 Å². The number of piperidine rings is 1. The molecule has 4 nitrogen and oxygen atoms in total. The van der Waals surface area contributed by atoms with Gasteiger partial charge in [-0.25, -0.2) is 4.79 Å². The number of nitrogens with zero attached hydrogens (tertiary/aromatic N) is 1. The highest BCUT2D eigenvalue weighted by Crippen LogP contribution is 2.27. The van der Waals surface area contributed by atoms with E-state index in [1.165, 1.54) is 0 Å². The van der Waals surface area contributed by atoms with Crippen molar-refractivity contribution < 1.29 is 9.53 Å². The summed E-state index contributed by atoms with van der Waals surface area (Å²) >= 11 is 0. The summed E-state index contributed by atoms with van der Waals surface area (Å²) in [6.45, 7) is 13.5. The van der Waals surface area contributed by atoms with Crippen LogP contribution in [0.5, 0.6) is 0 Å². The summed E-state index contributed by atoms with van der Waals surface area (Å²) in [5, 5.41) is 3.64. The first-order chi connectivity index (χ1) is 10.7. The average Bonchev–Trinajstić information content (AvgIpc) is 2.47. The highest BCUT2D eigenvalue weighted by molar-refractivity contribution is 5.90. The summed E-state index contributed by atoms with van der Waals surface area (Å²) in [5.74, 6) is -0.272. The molecule has 1 aromatic rings. The summed E-state index contributed by atoms with van der Waals surface area (Å²) in [4.78, 5) is 14.5. The zero-order valence-corrected chi connectivity index (χ0v) is 15.1. The van der Waals surface area contributed by atoms with Gasteiger partial charge in [0.05, 0.1) is 5.56 Å². The number of carbonyl (C=O) groups is 1. The molecule has 0 saturated carbocycles. The van der Waals surface area contributed by atoms with Crippen LogP contribution in [0.3, 0.4) is 0 Å². The van der Waals surface area contributed by atoms with Gasteiger partial charge in [0.1, 0.15) is 5.60 Å². The van der Waals surface area contributed by atoms with Crippen LogP contribution in [-0.4, -0.2) is 41.6 Å². The summed E-state index contributed by atoms with van der Waals surface area (Å²) in [7, 11) is 0. The van der Waals surface area contributed by atoms with Crippen molar-refractivity contribution in [2.45, 2.75) is 58.6 Å². The van der Waals surface area contributed by atoms with E-state index < -0.39 is 5.60 Å². The Morgan fingerprint density at radius 1 is 1.22 bits per heavy atom. The van der Waals surface area contributed by atoms with Gasteiger partial charge in [0.2, 0.25) is 0 Å². The van der Waals surface area contributed by atoms with Gasteiger partial charge in [-0.15, -0.1) is 0 Å². The lowest BCUT2D eigenvalue weighted by Gasteiger charge is -2.40. The smallest absolute Gasteiger partial charge is 0.338 e. The average molecular weight is 318 g/mol. The fraction of sp³-hybridized carbons (Fsp3) is 0.632. The van der Waals surface area contributed by atoms with Crippen molar-refractivity contribution >= 4 is 11.7 Å². The number of hydrogen-bond donors (Lipinski definition) is 1. The van der Waals surface area contributed by atoms with Crippen molar-refractivity contribution in [3.8, 4) is 0 Å². The molecule has 0 unspecified atom stereocenters. The molecule has 1 fully saturated rings. The largest absolute Gasteiger partial charge is 0.456 e. The van der Waals surface area contributed by atoms with E-state index in [0.717, 1.165) is 38.2 Å². The second-order valence-electron chi connectivity index (χ2n) is 7.70. The highest BCUT2D eigenvalue weighted by Gasteiger charge is 2.29. The number of nitrogens with one attached hydrogen (secondary N) is 1. The van der Waals surface area contributed by atoms with Gasteiger partial charge >= 0.3 is 5.97 Å². The molecule has 1 saturated heterocycles. The third-order valence-electron chi connectivity index (χ3n) is 4.37. The van der Waals surface area contributed by atoms with Crippen LogP contribution in [0.25, 0.3) is 0 Å². The topological polar surface area (TPSA) is 41.6 Å². The van der Waals surface area contributed by atoms with Crippen LogP contribution in [-0.2, 0) is 4.74 Å². The second-order valence-corrected chi connectivity index (χ2v) is 7.70. The molecule has 4 heteroatoms. The van der Waals surface area contributed by atoms with E-state index in [9.17, 15) is 4.79 Å². The Morgan fingerprint density at radius 2 is 1.78 bits per heavy atom. The normalized spacial score (nSPS) is 18.5. The van der Waals surface area contributed by atoms with Crippen molar-refractivity contribution in [1.82, 2.24) is 4.90 Å². The zero-order chi connectivity index (χ0) is 17.1. The van der Waals surface area contributed by atoms with Gasteiger partial charge in [-0.3, -0.25) is 0 Å². The number of anilines is 1. The van der Waals surface area contributed by atoms with Crippen LogP contribution in [0.15, 0.2) is 24.3 Å². The van der Waals surface area contributed by atoms with Gasteiger partial charge < -0.3 is 15.0 Å². The summed E-state index contributed by atoms with van der Waals surface area (Å²) in [6, 6.07) is 7.61. The predicted octanol–water partition coefficient (Wildman–Crippen LogP) is 3.93. The number of carbonyl (C=O) groups excluding carboxylic acids is 1. The van der Waals surface area contributed by atoms with E-state index in [1.54, 1.807) is 0 Å². The first-order valence-electron chi connectivity index (χ1n) is 8.55. The Bertz CT molecular complexity index is 523. The number of ether oxygens (including phenoxy) is 1. The summed E-state index contributed by atoms with van der Waals surface area (Å²) in [6.07, 6.45) is 2.27. The number of rotatable bonds is 4. The van der Waals surface area contributed by atoms with Gasteiger partial charge in [-0.05, 0) is 71.3 Å². The minimum Gasteiger partial charge on any atom is -0.456 e. The first-order valence-corrected chi connectivity index (χ1v) is 8.55. The standard InChI is InChI=1S/C19H30N2O2/c1-6-21-13-11-19(5,12-14-21)20-16-9-7-15(8-10-16)17(22)23-18(2,3)4/h7-10,20H,6,11-14H2,1-5H3. The molecule has 1 aliphatic rings. The number of esters is 1. The highest BCUT2D eigenvalue weighted by atomic mass is 16.6. The van der Waals surface area contributed by atoms with Crippen LogP contribution < -0.4 is 5.32 Å². The summed E-state index contributed by atoms with van der Waals surface area (Å²) in [5.41, 5.74) is 1.31. The number of likely N-dealkylation sites (tertiary alicyclic amines) is 1. The molecule has 0 spiro atoms. The third-order valence-corrected chi connectivity index (χ3v) is 4.37. The SMILES string of the molecule is CCN1CCC(C)(Nc2ccc(C(=O)OC(C)(C)C)cc2)CC1. The minimum absolute atomic E-state index is 0.124. The molecule has 0 radical (unpaired) electrons. The molecule has 2 rings (SSSR count). The maximum absolute atomic E-state index is 12.0. The Kier molecular flexibility index (Phi) is 5.35. The molecule has 23 heavy (non-hydrogen) atoms. The molecule has 1 aliphatic heterocycles. The fourth-order valence-electron chi connectivity index (χ4n) is 2.86. The van der Waals surface area contributed by atoms with Crippen LogP contribution in [0.2, 0.25) is 0 Å². The van der Waals surface area contributed by atoms with Gasteiger partial charge in [-0.2, -0.15) is 0 Å². The van der Waals surface area contributed by atoms with Crippen molar-refractivity contribution in [3.05, 3.63) is 29.8 Å². The van der Waals surface area contributed by atoms with Crippen molar-refractivity contribution in [2.24, 2.45) is 0 Å². The summed E-state index contributed by atoms with van der Waals surface area (Å²) < 4.78 is 5.39. The second kappa shape index (κ2) is 6.91. The van der Waals surface area contributed by atoms with Crippen LogP contribution >= 0.6 is 0 Å². The van der Waals surface area contributed by atoms with Gasteiger partial charge in [0.25, 0.3) is 0 Å². The van der Waals surface area contributed by atoms with Gasteiger partial charge in [-0.1, -0.05) is 6.92 Å². The maximum Gasteiger partial charge on any atom is 0.338 e. The van der Waals surface area contributed by atoms with Crippen LogP contribution in [0.1, 0.15) is 57.8 Å². The van der Waals surface area contributed by atoms with Gasteiger partial charge in [0, 0.05) is 24.3 Å². The molecule has 1 N–H and O–H groups in total. The first kappa shape index (κ1) is 17.8. The van der Waals surface area contributed by atoms with Crippen molar-refractivity contribution in [2.75, 3.05) is 25.0 Å². The van der Waals surface area contributed by atoms with Crippen LogP contribution in [0.4, 0.5) is 5.69 Å². The zero-order valence-electron chi connectivity index (χ0n) is 15.1. The molecule has 0 amide bonds. The van der Waals surface area contributed by atoms with E-state index in [-0.39, 0.29) is 11.5 Å². The lowest BCUT2D eigenvalue weighted by molar-refractivity contribution is 0.00696. The maximum atomic E-state index is 12.0. The Morgan fingerprint density at radius 3 is 2.26 bits per heavy atom. The molecular formula is C19H30N2O2. The molecule has 1 heterocycles.